The van der Waals surface area contributed by atoms with E-state index < -0.39 is 62.7 Å². The van der Waals surface area contributed by atoms with Gasteiger partial charge < -0.3 is 30.2 Å². The van der Waals surface area contributed by atoms with Crippen molar-refractivity contribution in [2.24, 2.45) is 0 Å². The molecule has 14 nitrogen and oxygen atoms in total. The summed E-state index contributed by atoms with van der Waals surface area (Å²) in [7, 11) is -3.54. The van der Waals surface area contributed by atoms with Gasteiger partial charge in [0.2, 0.25) is 12.0 Å². The zero-order valence-electron chi connectivity index (χ0n) is 23.3. The molecule has 19 heteroatoms. The van der Waals surface area contributed by atoms with Crippen LogP contribution < -0.4 is 20.7 Å². The highest BCUT2D eigenvalue weighted by Crippen LogP contribution is 2.49. The fourth-order valence-electron chi connectivity index (χ4n) is 4.23. The Balaban J connectivity index is 1.62. The molecule has 0 unspecified atom stereocenters. The Morgan fingerprint density at radius 3 is 2.56 bits per heavy atom. The van der Waals surface area contributed by atoms with E-state index in [9.17, 15) is 27.6 Å². The van der Waals surface area contributed by atoms with Gasteiger partial charge in [-0.2, -0.15) is 28.2 Å². The van der Waals surface area contributed by atoms with Crippen molar-refractivity contribution >= 4 is 36.6 Å². The van der Waals surface area contributed by atoms with Crippen LogP contribution in [-0.4, -0.2) is 80.4 Å². The van der Waals surface area contributed by atoms with Gasteiger partial charge in [0.25, 0.3) is 0 Å². The number of halogens is 4. The molecule has 1 saturated heterocycles. The van der Waals surface area contributed by atoms with Crippen LogP contribution in [0, 0.1) is 0 Å². The maximum absolute atomic E-state index is 16.0. The first-order chi connectivity index (χ1) is 20.1. The number of hydrogen-bond donors (Lipinski definition) is 4. The molecule has 1 fully saturated rings. The summed E-state index contributed by atoms with van der Waals surface area (Å²) in [5.74, 6) is -1.90. The van der Waals surface area contributed by atoms with E-state index in [1.54, 1.807) is 18.2 Å². The third-order valence-electron chi connectivity index (χ3n) is 6.22. The molecule has 3 heterocycles. The number of ether oxygens (including phenoxy) is 2. The van der Waals surface area contributed by atoms with Crippen LogP contribution >= 0.6 is 7.75 Å². The Hall–Kier alpha value is -3.57. The summed E-state index contributed by atoms with van der Waals surface area (Å²) < 4.78 is 93.3. The van der Waals surface area contributed by atoms with E-state index in [0.29, 0.717) is 0 Å². The number of para-hydroxylation sites is 1. The van der Waals surface area contributed by atoms with Gasteiger partial charge in [-0.3, -0.25) is 9.09 Å². The van der Waals surface area contributed by atoms with Gasteiger partial charge in [0, 0.05) is 7.05 Å². The number of benzene rings is 1. The van der Waals surface area contributed by atoms with Gasteiger partial charge in [-0.15, -0.1) is 0 Å². The van der Waals surface area contributed by atoms with Crippen molar-refractivity contribution in [1.82, 2.24) is 24.6 Å². The smallest absolute Gasteiger partial charge is 0.459 e. The van der Waals surface area contributed by atoms with Gasteiger partial charge in [0.1, 0.15) is 18.0 Å². The lowest BCUT2D eigenvalue weighted by molar-refractivity contribution is -0.185. The molecule has 1 aliphatic heterocycles. The summed E-state index contributed by atoms with van der Waals surface area (Å²) in [4.78, 5) is 24.5. The SMILES string of the molecule is CNc1nc(N)nc2c1ncn2[C@@H]1O[C@H](CO[P@@](=O)(N[C@H](C(=O)OC(C)C)C(F)(F)F)Oc2ccccc2)[C@@H](O)[C@@]1(C)F. The zero-order chi connectivity index (χ0) is 31.7. The second-order valence-corrected chi connectivity index (χ2v) is 11.6. The number of alkyl halides is 4. The summed E-state index contributed by atoms with van der Waals surface area (Å²) >= 11 is 0. The minimum Gasteiger partial charge on any atom is -0.462 e. The number of nitrogen functional groups attached to an aromatic ring is 1. The van der Waals surface area contributed by atoms with Crippen LogP contribution in [0.25, 0.3) is 11.2 Å². The van der Waals surface area contributed by atoms with E-state index in [1.807, 2.05) is 0 Å². The van der Waals surface area contributed by atoms with Gasteiger partial charge in [0.15, 0.2) is 28.9 Å². The number of nitrogens with two attached hydrogens (primary N) is 1. The molecule has 43 heavy (non-hydrogen) atoms. The van der Waals surface area contributed by atoms with Gasteiger partial charge in [-0.05, 0) is 32.9 Å². The average molecular weight is 636 g/mol. The number of fused-ring (bicyclic) bond motifs is 1. The Morgan fingerprint density at radius 2 is 1.95 bits per heavy atom. The second kappa shape index (κ2) is 12.2. The van der Waals surface area contributed by atoms with Crippen LogP contribution in [0.5, 0.6) is 5.75 Å². The van der Waals surface area contributed by atoms with E-state index in [0.717, 1.165) is 11.5 Å². The quantitative estimate of drug-likeness (QED) is 0.137. The van der Waals surface area contributed by atoms with Crippen LogP contribution in [0.3, 0.4) is 0 Å². The molecule has 5 N–H and O–H groups in total. The van der Waals surface area contributed by atoms with Crippen LogP contribution in [0.4, 0.5) is 29.3 Å². The van der Waals surface area contributed by atoms with Crippen molar-refractivity contribution in [1.29, 1.82) is 0 Å². The van der Waals surface area contributed by atoms with Crippen molar-refractivity contribution in [3.63, 3.8) is 0 Å². The molecule has 0 amide bonds. The predicted molar refractivity (Wildman–Crippen MR) is 144 cm³/mol. The molecule has 1 aliphatic rings. The van der Waals surface area contributed by atoms with Crippen LogP contribution in [0.1, 0.15) is 27.0 Å². The number of imidazole rings is 1. The maximum Gasteiger partial charge on any atom is 0.459 e. The van der Waals surface area contributed by atoms with Crippen LogP contribution in [0.2, 0.25) is 0 Å². The maximum atomic E-state index is 16.0. The molecule has 1 aromatic carbocycles. The second-order valence-electron chi connectivity index (χ2n) is 9.91. The largest absolute Gasteiger partial charge is 0.462 e. The summed E-state index contributed by atoms with van der Waals surface area (Å²) in [6, 6.07) is 3.89. The summed E-state index contributed by atoms with van der Waals surface area (Å²) in [5, 5.41) is 15.2. The fraction of sp³-hybridized carbons (Fsp3) is 0.500. The average Bonchev–Trinajstić information content (AvgIpc) is 3.42. The van der Waals surface area contributed by atoms with E-state index in [2.05, 4.69) is 25.0 Å². The van der Waals surface area contributed by atoms with E-state index in [-0.39, 0.29) is 28.7 Å². The number of aromatic nitrogens is 4. The number of carbonyl (C=O) groups excluding carboxylic acids is 1. The lowest BCUT2D eigenvalue weighted by Crippen LogP contribution is -2.49. The Labute approximate surface area is 242 Å². The summed E-state index contributed by atoms with van der Waals surface area (Å²) in [6.45, 7) is 2.73. The van der Waals surface area contributed by atoms with E-state index in [4.69, 9.17) is 19.5 Å². The molecule has 0 radical (unpaired) electrons. The van der Waals surface area contributed by atoms with Crippen LogP contribution in [-0.2, 0) is 23.4 Å². The molecule has 0 saturated carbocycles. The predicted octanol–water partition coefficient (Wildman–Crippen LogP) is 3.11. The monoisotopic (exact) mass is 635 g/mol. The molecular formula is C24H30F4N7O7P. The number of esters is 1. The number of aliphatic hydroxyl groups is 1. The third kappa shape index (κ3) is 6.99. The lowest BCUT2D eigenvalue weighted by atomic mass is 9.98. The van der Waals surface area contributed by atoms with Crippen molar-refractivity contribution < 1.29 is 50.5 Å². The number of aliphatic hydroxyl groups excluding tert-OH is 1. The van der Waals surface area contributed by atoms with E-state index in [1.165, 1.54) is 44.4 Å². The van der Waals surface area contributed by atoms with Crippen molar-refractivity contribution in [3.8, 4) is 5.75 Å². The number of anilines is 2. The van der Waals surface area contributed by atoms with Crippen molar-refractivity contribution in [2.45, 2.75) is 63.2 Å². The molecule has 4 rings (SSSR count). The first kappa shape index (κ1) is 32.3. The van der Waals surface area contributed by atoms with E-state index >= 15 is 4.39 Å². The summed E-state index contributed by atoms with van der Waals surface area (Å²) in [6.07, 6.45) is -10.2. The number of carbonyl (C=O) groups is 1. The van der Waals surface area contributed by atoms with Crippen molar-refractivity contribution in [3.05, 3.63) is 36.7 Å². The molecule has 0 spiro atoms. The van der Waals surface area contributed by atoms with Crippen molar-refractivity contribution in [2.75, 3.05) is 24.7 Å². The zero-order valence-corrected chi connectivity index (χ0v) is 24.2. The number of nitrogens with zero attached hydrogens (tertiary/aromatic N) is 4. The van der Waals surface area contributed by atoms with Gasteiger partial charge in [-0.1, -0.05) is 18.2 Å². The molecule has 0 aliphatic carbocycles. The Bertz CT molecular complexity index is 1490. The third-order valence-corrected chi connectivity index (χ3v) is 7.74. The topological polar surface area (TPSA) is 185 Å². The normalized spacial score (nSPS) is 24.6. The Morgan fingerprint density at radius 1 is 1.28 bits per heavy atom. The van der Waals surface area contributed by atoms with Gasteiger partial charge in [0.05, 0.1) is 19.0 Å². The molecule has 0 bridgehead atoms. The molecule has 236 valence electrons. The standard InChI is InChI=1S/C24H30F4N7O7P/c1-12(2)40-20(37)16(24(26,27)28)34-43(38,42-13-8-6-5-7-9-13)39-10-14-17(36)23(3,25)21(41-14)35-11-31-15-18(30-4)32-22(29)33-19(15)35/h5-9,11-12,14,16-17,21,36H,10H2,1-4H3,(H,34,38)(H3,29,30,32,33)/t14-,16-,17-,21-,23-,43+/m1/s1. The van der Waals surface area contributed by atoms with Crippen LogP contribution in [0.15, 0.2) is 36.7 Å². The molecular weight excluding hydrogens is 605 g/mol. The highest BCUT2D eigenvalue weighted by atomic mass is 31.2. The molecule has 6 atom stereocenters. The highest BCUT2D eigenvalue weighted by molar-refractivity contribution is 7.52. The van der Waals surface area contributed by atoms with Gasteiger partial charge in [-0.25, -0.2) is 18.7 Å². The highest BCUT2D eigenvalue weighted by Gasteiger charge is 2.57. The Kier molecular flexibility index (Phi) is 9.18. The van der Waals surface area contributed by atoms with Gasteiger partial charge >= 0.3 is 19.9 Å². The minimum atomic E-state index is -5.28. The lowest BCUT2D eigenvalue weighted by Gasteiger charge is -2.27. The number of hydrogen-bond acceptors (Lipinski definition) is 12. The molecule has 3 aromatic rings. The minimum absolute atomic E-state index is 0.0518. The first-order valence-electron chi connectivity index (χ1n) is 12.8. The molecule has 2 aromatic heterocycles. The fourth-order valence-corrected chi connectivity index (χ4v) is 5.72. The number of nitrogens with one attached hydrogen (secondary N) is 2. The number of rotatable bonds is 11. The first-order valence-corrected chi connectivity index (χ1v) is 14.3. The summed E-state index contributed by atoms with van der Waals surface area (Å²) in [5.41, 5.74) is 3.47.